The second kappa shape index (κ2) is 5.53. The molecule has 1 saturated heterocycles. The molecule has 1 fully saturated rings. The molecule has 1 aliphatic heterocycles. The summed E-state index contributed by atoms with van der Waals surface area (Å²) in [6, 6.07) is 10.3. The van der Waals surface area contributed by atoms with Crippen molar-refractivity contribution in [3.05, 3.63) is 35.9 Å². The standard InChI is InChI=1S/C15H22N2O/c1-15(2)12-17(14(18)8-10-16-15)11-9-13-6-4-3-5-7-13/h3-7,16H,8-12H2,1-2H3. The number of nitrogens with zero attached hydrogens (tertiary/aromatic N) is 1. The Hall–Kier alpha value is -1.35. The molecule has 0 aliphatic carbocycles. The van der Waals surface area contributed by atoms with Crippen LogP contribution in [0.25, 0.3) is 0 Å². The molecule has 3 heteroatoms. The van der Waals surface area contributed by atoms with Crippen molar-refractivity contribution in [3.8, 4) is 0 Å². The molecule has 98 valence electrons. The first-order valence-corrected chi connectivity index (χ1v) is 6.64. The lowest BCUT2D eigenvalue weighted by atomic mass is 10.1. The maximum absolute atomic E-state index is 12.0. The summed E-state index contributed by atoms with van der Waals surface area (Å²) < 4.78 is 0. The van der Waals surface area contributed by atoms with Crippen LogP contribution >= 0.6 is 0 Å². The van der Waals surface area contributed by atoms with E-state index in [4.69, 9.17) is 0 Å². The molecule has 0 atom stereocenters. The number of nitrogens with one attached hydrogen (secondary N) is 1. The van der Waals surface area contributed by atoms with Crippen LogP contribution in [0.2, 0.25) is 0 Å². The number of carbonyl (C=O) groups is 1. The third-order valence-electron chi connectivity index (χ3n) is 3.39. The van der Waals surface area contributed by atoms with Crippen LogP contribution in [0.1, 0.15) is 25.8 Å². The van der Waals surface area contributed by atoms with Gasteiger partial charge < -0.3 is 10.2 Å². The summed E-state index contributed by atoms with van der Waals surface area (Å²) >= 11 is 0. The summed E-state index contributed by atoms with van der Waals surface area (Å²) in [6.07, 6.45) is 1.54. The van der Waals surface area contributed by atoms with Gasteiger partial charge in [-0.15, -0.1) is 0 Å². The molecular weight excluding hydrogens is 224 g/mol. The number of benzene rings is 1. The molecule has 0 unspecified atom stereocenters. The van der Waals surface area contributed by atoms with Crippen LogP contribution in [0, 0.1) is 0 Å². The zero-order valence-electron chi connectivity index (χ0n) is 11.3. The summed E-state index contributed by atoms with van der Waals surface area (Å²) in [5.41, 5.74) is 1.31. The highest BCUT2D eigenvalue weighted by Crippen LogP contribution is 2.12. The maximum Gasteiger partial charge on any atom is 0.223 e. The van der Waals surface area contributed by atoms with Crippen molar-refractivity contribution in [3.63, 3.8) is 0 Å². The van der Waals surface area contributed by atoms with Crippen LogP contribution < -0.4 is 5.32 Å². The normalized spacial score (nSPS) is 19.7. The van der Waals surface area contributed by atoms with E-state index in [2.05, 4.69) is 31.3 Å². The fourth-order valence-electron chi connectivity index (χ4n) is 2.40. The Bertz CT molecular complexity index is 400. The first kappa shape index (κ1) is 13.1. The predicted octanol–water partition coefficient (Wildman–Crippen LogP) is 1.83. The molecule has 18 heavy (non-hydrogen) atoms. The fraction of sp³-hybridized carbons (Fsp3) is 0.533. The molecule has 1 aromatic rings. The Morgan fingerprint density at radius 1 is 1.28 bits per heavy atom. The molecule has 0 saturated carbocycles. The molecule has 1 amide bonds. The van der Waals surface area contributed by atoms with Crippen molar-refractivity contribution in [2.24, 2.45) is 0 Å². The smallest absolute Gasteiger partial charge is 0.223 e. The van der Waals surface area contributed by atoms with Crippen molar-refractivity contribution in [1.29, 1.82) is 0 Å². The molecule has 0 bridgehead atoms. The van der Waals surface area contributed by atoms with Crippen molar-refractivity contribution >= 4 is 5.91 Å². The Morgan fingerprint density at radius 2 is 2.00 bits per heavy atom. The zero-order valence-corrected chi connectivity index (χ0v) is 11.3. The molecule has 1 aliphatic rings. The molecule has 1 N–H and O–H groups in total. The van der Waals surface area contributed by atoms with Gasteiger partial charge in [0, 0.05) is 31.6 Å². The quantitative estimate of drug-likeness (QED) is 0.882. The van der Waals surface area contributed by atoms with Crippen LogP contribution in [0.15, 0.2) is 30.3 Å². The van der Waals surface area contributed by atoms with Gasteiger partial charge in [-0.25, -0.2) is 0 Å². The molecule has 1 aromatic carbocycles. The number of hydrogen-bond acceptors (Lipinski definition) is 2. The summed E-state index contributed by atoms with van der Waals surface area (Å²) in [5, 5.41) is 3.42. The van der Waals surface area contributed by atoms with Crippen LogP contribution in [-0.2, 0) is 11.2 Å². The SMILES string of the molecule is CC1(C)CN(CCc2ccccc2)C(=O)CCN1. The molecule has 3 nitrogen and oxygen atoms in total. The van der Waals surface area contributed by atoms with Gasteiger partial charge in [0.15, 0.2) is 0 Å². The van der Waals surface area contributed by atoms with E-state index >= 15 is 0 Å². The Morgan fingerprint density at radius 3 is 2.72 bits per heavy atom. The second-order valence-electron chi connectivity index (χ2n) is 5.61. The largest absolute Gasteiger partial charge is 0.340 e. The Balaban J connectivity index is 1.96. The van der Waals surface area contributed by atoms with Crippen molar-refractivity contribution in [2.45, 2.75) is 32.2 Å². The van der Waals surface area contributed by atoms with Crippen LogP contribution in [-0.4, -0.2) is 36.0 Å². The van der Waals surface area contributed by atoms with Gasteiger partial charge in [0.25, 0.3) is 0 Å². The number of hydrogen-bond donors (Lipinski definition) is 1. The Labute approximate surface area is 109 Å². The van der Waals surface area contributed by atoms with E-state index < -0.39 is 0 Å². The van der Waals surface area contributed by atoms with E-state index in [1.807, 2.05) is 23.1 Å². The Kier molecular flexibility index (Phi) is 4.02. The monoisotopic (exact) mass is 246 g/mol. The third kappa shape index (κ3) is 3.57. The summed E-state index contributed by atoms with van der Waals surface area (Å²) in [7, 11) is 0. The van der Waals surface area contributed by atoms with Gasteiger partial charge in [0.05, 0.1) is 0 Å². The minimum absolute atomic E-state index is 0.0167. The van der Waals surface area contributed by atoms with Gasteiger partial charge in [-0.05, 0) is 25.8 Å². The van der Waals surface area contributed by atoms with E-state index in [9.17, 15) is 4.79 Å². The molecule has 1 heterocycles. The van der Waals surface area contributed by atoms with Gasteiger partial charge >= 0.3 is 0 Å². The van der Waals surface area contributed by atoms with E-state index in [1.54, 1.807) is 0 Å². The van der Waals surface area contributed by atoms with Crippen molar-refractivity contribution in [1.82, 2.24) is 10.2 Å². The van der Waals surface area contributed by atoms with Crippen LogP contribution in [0.4, 0.5) is 0 Å². The zero-order chi connectivity index (χ0) is 13.0. The third-order valence-corrected chi connectivity index (χ3v) is 3.39. The predicted molar refractivity (Wildman–Crippen MR) is 73.4 cm³/mol. The molecule has 0 spiro atoms. The lowest BCUT2D eigenvalue weighted by Crippen LogP contribution is -2.47. The van der Waals surface area contributed by atoms with Crippen molar-refractivity contribution in [2.75, 3.05) is 19.6 Å². The number of rotatable bonds is 3. The van der Waals surface area contributed by atoms with Gasteiger partial charge in [0.2, 0.25) is 5.91 Å². The average molecular weight is 246 g/mol. The highest BCUT2D eigenvalue weighted by molar-refractivity contribution is 5.76. The number of carbonyl (C=O) groups excluding carboxylic acids is 1. The average Bonchev–Trinajstić information content (AvgIpc) is 2.47. The van der Waals surface area contributed by atoms with E-state index in [-0.39, 0.29) is 11.4 Å². The molecule has 2 rings (SSSR count). The van der Waals surface area contributed by atoms with E-state index in [0.717, 1.165) is 26.1 Å². The summed E-state index contributed by atoms with van der Waals surface area (Å²) in [5.74, 6) is 0.268. The topological polar surface area (TPSA) is 32.3 Å². The van der Waals surface area contributed by atoms with E-state index in [1.165, 1.54) is 5.56 Å². The second-order valence-corrected chi connectivity index (χ2v) is 5.61. The minimum Gasteiger partial charge on any atom is -0.340 e. The lowest BCUT2D eigenvalue weighted by molar-refractivity contribution is -0.130. The summed E-state index contributed by atoms with van der Waals surface area (Å²) in [4.78, 5) is 14.0. The van der Waals surface area contributed by atoms with Gasteiger partial charge in [0.1, 0.15) is 0 Å². The van der Waals surface area contributed by atoms with Crippen molar-refractivity contribution < 1.29 is 4.79 Å². The maximum atomic E-state index is 12.0. The van der Waals surface area contributed by atoms with Gasteiger partial charge in [-0.3, -0.25) is 4.79 Å². The minimum atomic E-state index is 0.0167. The van der Waals surface area contributed by atoms with Crippen LogP contribution in [0.5, 0.6) is 0 Å². The first-order valence-electron chi connectivity index (χ1n) is 6.64. The highest BCUT2D eigenvalue weighted by atomic mass is 16.2. The molecular formula is C15H22N2O. The van der Waals surface area contributed by atoms with Gasteiger partial charge in [-0.1, -0.05) is 30.3 Å². The van der Waals surface area contributed by atoms with Crippen LogP contribution in [0.3, 0.4) is 0 Å². The number of amides is 1. The fourth-order valence-corrected chi connectivity index (χ4v) is 2.40. The first-order chi connectivity index (χ1) is 8.57. The molecule has 0 aromatic heterocycles. The van der Waals surface area contributed by atoms with E-state index in [0.29, 0.717) is 6.42 Å². The molecule has 0 radical (unpaired) electrons. The summed E-state index contributed by atoms with van der Waals surface area (Å²) in [6.45, 7) is 6.70. The van der Waals surface area contributed by atoms with Gasteiger partial charge in [-0.2, -0.15) is 0 Å². The lowest BCUT2D eigenvalue weighted by Gasteiger charge is -2.30. The highest BCUT2D eigenvalue weighted by Gasteiger charge is 2.27.